The van der Waals surface area contributed by atoms with Gasteiger partial charge >= 0.3 is 6.09 Å². The van der Waals surface area contributed by atoms with Crippen LogP contribution in [-0.4, -0.2) is 48.9 Å². The summed E-state index contributed by atoms with van der Waals surface area (Å²) < 4.78 is 4.92. The van der Waals surface area contributed by atoms with Crippen LogP contribution >= 0.6 is 0 Å². The van der Waals surface area contributed by atoms with Crippen LogP contribution in [0.5, 0.6) is 0 Å². The summed E-state index contributed by atoms with van der Waals surface area (Å²) in [4.78, 5) is 11.9. The van der Waals surface area contributed by atoms with Crippen LogP contribution in [0.4, 0.5) is 4.79 Å². The second kappa shape index (κ2) is 3.73. The van der Waals surface area contributed by atoms with Crippen molar-refractivity contribution in [2.45, 2.75) is 6.04 Å². The Morgan fingerprint density at radius 1 is 1.75 bits per heavy atom. The van der Waals surface area contributed by atoms with E-state index in [1.165, 1.54) is 4.90 Å². The summed E-state index contributed by atoms with van der Waals surface area (Å²) in [5.41, 5.74) is 5.71. The van der Waals surface area contributed by atoms with E-state index < -0.39 is 6.09 Å². The lowest BCUT2D eigenvalue weighted by molar-refractivity contribution is 0.137. The molecule has 5 nitrogen and oxygen atoms in total. The summed E-state index contributed by atoms with van der Waals surface area (Å²) in [5, 5.41) is 8.65. The van der Waals surface area contributed by atoms with E-state index in [9.17, 15) is 4.79 Å². The van der Waals surface area contributed by atoms with Gasteiger partial charge in [-0.25, -0.2) is 4.79 Å². The van der Waals surface area contributed by atoms with Gasteiger partial charge in [0.1, 0.15) is 0 Å². The molecule has 1 saturated heterocycles. The molecule has 5 heteroatoms. The van der Waals surface area contributed by atoms with Crippen molar-refractivity contribution in [2.24, 2.45) is 11.7 Å². The molecule has 0 radical (unpaired) electrons. The molecule has 12 heavy (non-hydrogen) atoms. The predicted octanol–water partition coefficient (Wildman–Crippen LogP) is -0.430. The number of methoxy groups -OCH3 is 1. The van der Waals surface area contributed by atoms with Gasteiger partial charge in [0.25, 0.3) is 0 Å². The van der Waals surface area contributed by atoms with Gasteiger partial charge in [-0.2, -0.15) is 0 Å². The third kappa shape index (κ3) is 1.86. The molecule has 0 aromatic carbocycles. The molecular weight excluding hydrogens is 160 g/mol. The zero-order valence-corrected chi connectivity index (χ0v) is 7.06. The Morgan fingerprint density at radius 2 is 2.42 bits per heavy atom. The number of likely N-dealkylation sites (tertiary alicyclic amines) is 1. The van der Waals surface area contributed by atoms with E-state index in [1.54, 1.807) is 7.11 Å². The van der Waals surface area contributed by atoms with Crippen molar-refractivity contribution in [3.63, 3.8) is 0 Å². The maximum absolute atomic E-state index is 10.5. The summed E-state index contributed by atoms with van der Waals surface area (Å²) in [6, 6.07) is -0.0824. The number of nitrogens with zero attached hydrogens (tertiary/aromatic N) is 1. The molecule has 1 aliphatic rings. The lowest BCUT2D eigenvalue weighted by atomic mass is 10.1. The van der Waals surface area contributed by atoms with E-state index in [0.29, 0.717) is 19.7 Å². The highest BCUT2D eigenvalue weighted by Gasteiger charge is 2.32. The van der Waals surface area contributed by atoms with Gasteiger partial charge in [-0.3, -0.25) is 0 Å². The van der Waals surface area contributed by atoms with Gasteiger partial charge in [-0.15, -0.1) is 0 Å². The van der Waals surface area contributed by atoms with Gasteiger partial charge in [0.2, 0.25) is 0 Å². The number of ether oxygens (including phenoxy) is 1. The average Bonchev–Trinajstić information content (AvgIpc) is 2.34. The Hall–Kier alpha value is -0.810. The molecule has 1 amide bonds. The number of carbonyl (C=O) groups is 1. The third-order valence-corrected chi connectivity index (χ3v) is 2.14. The van der Waals surface area contributed by atoms with Crippen LogP contribution in [0.1, 0.15) is 0 Å². The summed E-state index contributed by atoms with van der Waals surface area (Å²) in [6.45, 7) is 1.44. The van der Waals surface area contributed by atoms with Gasteiger partial charge in [0.05, 0.1) is 6.61 Å². The Labute approximate surface area is 71.1 Å². The van der Waals surface area contributed by atoms with Crippen molar-refractivity contribution >= 4 is 6.09 Å². The molecule has 1 rings (SSSR count). The molecule has 2 unspecified atom stereocenters. The fourth-order valence-electron chi connectivity index (χ4n) is 1.44. The van der Waals surface area contributed by atoms with E-state index in [0.717, 1.165) is 0 Å². The second-order valence-corrected chi connectivity index (χ2v) is 3.07. The average molecular weight is 174 g/mol. The maximum Gasteiger partial charge on any atom is 0.407 e. The fourth-order valence-corrected chi connectivity index (χ4v) is 1.44. The fraction of sp³-hybridized carbons (Fsp3) is 0.857. The third-order valence-electron chi connectivity index (χ3n) is 2.14. The maximum atomic E-state index is 10.5. The van der Waals surface area contributed by atoms with Gasteiger partial charge in [-0.05, 0) is 0 Å². The highest BCUT2D eigenvalue weighted by atomic mass is 16.5. The van der Waals surface area contributed by atoms with Crippen molar-refractivity contribution in [3.8, 4) is 0 Å². The molecular formula is C7H14N2O3. The number of hydrogen-bond donors (Lipinski definition) is 2. The molecule has 0 bridgehead atoms. The molecule has 0 spiro atoms. The van der Waals surface area contributed by atoms with Gasteiger partial charge in [-0.1, -0.05) is 0 Å². The first-order chi connectivity index (χ1) is 5.65. The number of rotatable bonds is 2. The van der Waals surface area contributed by atoms with Gasteiger partial charge < -0.3 is 20.5 Å². The number of nitrogens with two attached hydrogens (primary N) is 1. The van der Waals surface area contributed by atoms with E-state index in [-0.39, 0.29) is 12.0 Å². The quantitative estimate of drug-likeness (QED) is 0.595. The van der Waals surface area contributed by atoms with Crippen LogP contribution in [0, 0.1) is 5.92 Å². The van der Waals surface area contributed by atoms with Crippen LogP contribution in [0.2, 0.25) is 0 Å². The molecule has 1 aliphatic heterocycles. The van der Waals surface area contributed by atoms with Crippen molar-refractivity contribution in [2.75, 3.05) is 26.8 Å². The Morgan fingerprint density at radius 3 is 2.83 bits per heavy atom. The second-order valence-electron chi connectivity index (χ2n) is 3.07. The summed E-state index contributed by atoms with van der Waals surface area (Å²) in [5.74, 6) is 0.145. The minimum Gasteiger partial charge on any atom is -0.465 e. The van der Waals surface area contributed by atoms with E-state index in [1.807, 2.05) is 0 Å². The van der Waals surface area contributed by atoms with Crippen LogP contribution in [0.3, 0.4) is 0 Å². The minimum atomic E-state index is -0.899. The minimum absolute atomic E-state index is 0.0824. The van der Waals surface area contributed by atoms with E-state index in [2.05, 4.69) is 0 Å². The molecule has 3 N–H and O–H groups in total. The van der Waals surface area contributed by atoms with E-state index in [4.69, 9.17) is 15.6 Å². The Balaban J connectivity index is 2.44. The topological polar surface area (TPSA) is 75.8 Å². The Bertz CT molecular complexity index is 174. The van der Waals surface area contributed by atoms with Crippen LogP contribution in [0.25, 0.3) is 0 Å². The zero-order valence-electron chi connectivity index (χ0n) is 7.06. The monoisotopic (exact) mass is 174 g/mol. The van der Waals surface area contributed by atoms with Crippen LogP contribution < -0.4 is 5.73 Å². The van der Waals surface area contributed by atoms with Crippen molar-refractivity contribution in [3.05, 3.63) is 0 Å². The van der Waals surface area contributed by atoms with Crippen molar-refractivity contribution in [1.82, 2.24) is 4.90 Å². The first kappa shape index (κ1) is 9.28. The summed E-state index contributed by atoms with van der Waals surface area (Å²) in [6.07, 6.45) is -0.899. The Kier molecular flexibility index (Phi) is 2.88. The first-order valence-corrected chi connectivity index (χ1v) is 3.87. The molecule has 0 saturated carbocycles. The van der Waals surface area contributed by atoms with Crippen LogP contribution in [-0.2, 0) is 4.74 Å². The summed E-state index contributed by atoms with van der Waals surface area (Å²) in [7, 11) is 1.59. The molecule has 0 aliphatic carbocycles. The largest absolute Gasteiger partial charge is 0.465 e. The predicted molar refractivity (Wildman–Crippen MR) is 42.9 cm³/mol. The van der Waals surface area contributed by atoms with Crippen LogP contribution in [0.15, 0.2) is 0 Å². The lowest BCUT2D eigenvalue weighted by Gasteiger charge is -2.11. The smallest absolute Gasteiger partial charge is 0.407 e. The summed E-state index contributed by atoms with van der Waals surface area (Å²) >= 11 is 0. The molecule has 1 heterocycles. The highest BCUT2D eigenvalue weighted by Crippen LogP contribution is 2.15. The lowest BCUT2D eigenvalue weighted by Crippen LogP contribution is -2.32. The van der Waals surface area contributed by atoms with Crippen molar-refractivity contribution < 1.29 is 14.6 Å². The number of amides is 1. The molecule has 0 aromatic heterocycles. The number of hydrogen-bond acceptors (Lipinski definition) is 3. The molecule has 2 atom stereocenters. The SMILES string of the molecule is COCC1CN(C(=O)O)CC1N. The molecule has 0 aromatic rings. The normalized spacial score (nSPS) is 29.3. The highest BCUT2D eigenvalue weighted by molar-refractivity contribution is 5.65. The van der Waals surface area contributed by atoms with Crippen molar-refractivity contribution in [1.29, 1.82) is 0 Å². The number of carboxylic acid groups (broad SMARTS) is 1. The van der Waals surface area contributed by atoms with Gasteiger partial charge in [0, 0.05) is 32.2 Å². The van der Waals surface area contributed by atoms with E-state index >= 15 is 0 Å². The van der Waals surface area contributed by atoms with Gasteiger partial charge in [0.15, 0.2) is 0 Å². The molecule has 70 valence electrons. The first-order valence-electron chi connectivity index (χ1n) is 3.87. The standard InChI is InChI=1S/C7H14N2O3/c1-12-4-5-2-9(7(10)11)3-6(5)8/h5-6H,2-4,8H2,1H3,(H,10,11). The zero-order chi connectivity index (χ0) is 9.14. The molecule has 1 fully saturated rings.